The number of rotatable bonds is 5. The summed E-state index contributed by atoms with van der Waals surface area (Å²) in [6, 6.07) is 0. The van der Waals surface area contributed by atoms with Gasteiger partial charge < -0.3 is 14.7 Å². The maximum absolute atomic E-state index is 9.45. The highest BCUT2D eigenvalue weighted by molar-refractivity contribution is 7.26. The molecule has 28 heavy (non-hydrogen) atoms. The molecular formula is C21H28N4O2S. The first kappa shape index (κ1) is 19.5. The summed E-state index contributed by atoms with van der Waals surface area (Å²) < 4.78 is 7.17. The molecule has 0 saturated heterocycles. The van der Waals surface area contributed by atoms with Gasteiger partial charge in [-0.1, -0.05) is 13.8 Å². The van der Waals surface area contributed by atoms with E-state index in [4.69, 9.17) is 9.72 Å². The third-order valence-corrected chi connectivity index (χ3v) is 6.51. The fraction of sp³-hybridized carbons (Fsp3) is 0.571. The summed E-state index contributed by atoms with van der Waals surface area (Å²) >= 11 is 1.66. The van der Waals surface area contributed by atoms with E-state index in [0.29, 0.717) is 19.1 Å². The van der Waals surface area contributed by atoms with E-state index < -0.39 is 0 Å². The third-order valence-electron chi connectivity index (χ3n) is 5.44. The van der Waals surface area contributed by atoms with Gasteiger partial charge in [0.05, 0.1) is 34.7 Å². The molecule has 0 radical (unpaired) electrons. The van der Waals surface area contributed by atoms with Crippen LogP contribution in [0, 0.1) is 0 Å². The summed E-state index contributed by atoms with van der Waals surface area (Å²) in [5, 5.41) is 10.6. The average Bonchev–Trinajstić information content (AvgIpc) is 3.03. The number of hydrogen-bond acceptors (Lipinski definition) is 7. The number of nitrogens with zero attached hydrogens (tertiary/aromatic N) is 4. The molecule has 0 fully saturated rings. The molecule has 0 bridgehead atoms. The number of aromatic nitrogens is 3. The largest absolute Gasteiger partial charge is 0.395 e. The van der Waals surface area contributed by atoms with Crippen LogP contribution in [0.3, 0.4) is 0 Å². The molecule has 0 unspecified atom stereocenters. The van der Waals surface area contributed by atoms with Crippen molar-refractivity contribution in [3.05, 3.63) is 23.1 Å². The lowest BCUT2D eigenvalue weighted by atomic mass is 9.87. The molecule has 4 rings (SSSR count). The van der Waals surface area contributed by atoms with Gasteiger partial charge in [0.25, 0.3) is 0 Å². The van der Waals surface area contributed by atoms with Gasteiger partial charge in [0, 0.05) is 30.5 Å². The summed E-state index contributed by atoms with van der Waals surface area (Å²) in [7, 11) is 0. The smallest absolute Gasteiger partial charge is 0.150 e. The highest BCUT2D eigenvalue weighted by atomic mass is 32.1. The monoisotopic (exact) mass is 400 g/mol. The van der Waals surface area contributed by atoms with Crippen LogP contribution in [0.25, 0.3) is 20.4 Å². The van der Waals surface area contributed by atoms with E-state index >= 15 is 0 Å². The van der Waals surface area contributed by atoms with Gasteiger partial charge in [0.15, 0.2) is 0 Å². The summed E-state index contributed by atoms with van der Waals surface area (Å²) in [5.41, 5.74) is 4.45. The van der Waals surface area contributed by atoms with Crippen molar-refractivity contribution in [2.24, 2.45) is 0 Å². The van der Waals surface area contributed by atoms with E-state index in [1.54, 1.807) is 17.7 Å². The van der Waals surface area contributed by atoms with Crippen LogP contribution in [0.1, 0.15) is 57.4 Å². The van der Waals surface area contributed by atoms with Gasteiger partial charge in [-0.15, -0.1) is 11.3 Å². The van der Waals surface area contributed by atoms with Crippen molar-refractivity contribution in [3.8, 4) is 0 Å². The molecule has 0 atom stereocenters. The molecule has 4 heterocycles. The molecule has 0 aliphatic carbocycles. The number of fused-ring (bicyclic) bond motifs is 5. The Labute approximate surface area is 169 Å². The molecule has 6 nitrogen and oxygen atoms in total. The van der Waals surface area contributed by atoms with Gasteiger partial charge in [0.2, 0.25) is 0 Å². The Balaban J connectivity index is 2.04. The van der Waals surface area contributed by atoms with Gasteiger partial charge in [-0.3, -0.25) is 0 Å². The lowest BCUT2D eigenvalue weighted by Crippen LogP contribution is -2.33. The zero-order chi connectivity index (χ0) is 20.1. The normalized spacial score (nSPS) is 16.1. The predicted molar refractivity (Wildman–Crippen MR) is 114 cm³/mol. The van der Waals surface area contributed by atoms with Crippen LogP contribution in [0.5, 0.6) is 0 Å². The Kier molecular flexibility index (Phi) is 5.02. The molecule has 7 heteroatoms. The van der Waals surface area contributed by atoms with Crippen LogP contribution in [-0.4, -0.2) is 45.4 Å². The summed E-state index contributed by atoms with van der Waals surface area (Å²) in [6.07, 6.45) is 2.48. The second-order valence-corrected chi connectivity index (χ2v) is 9.29. The summed E-state index contributed by atoms with van der Waals surface area (Å²) in [4.78, 5) is 17.4. The molecule has 0 saturated carbocycles. The maximum atomic E-state index is 9.45. The summed E-state index contributed by atoms with van der Waals surface area (Å²) in [6.45, 7) is 12.8. The zero-order valence-corrected chi connectivity index (χ0v) is 18.1. The second kappa shape index (κ2) is 7.21. The van der Waals surface area contributed by atoms with Gasteiger partial charge in [-0.05, 0) is 32.3 Å². The average molecular weight is 401 g/mol. The number of aliphatic hydroxyl groups excluding tert-OH is 1. The Morgan fingerprint density at radius 3 is 2.75 bits per heavy atom. The van der Waals surface area contributed by atoms with Crippen molar-refractivity contribution < 1.29 is 9.84 Å². The van der Waals surface area contributed by atoms with Gasteiger partial charge in [-0.2, -0.15) is 0 Å². The van der Waals surface area contributed by atoms with Crippen molar-refractivity contribution in [3.63, 3.8) is 0 Å². The molecule has 0 spiro atoms. The van der Waals surface area contributed by atoms with E-state index in [1.165, 1.54) is 11.1 Å². The number of thiophene rings is 1. The van der Waals surface area contributed by atoms with Crippen LogP contribution in [-0.2, 0) is 17.8 Å². The number of pyridine rings is 1. The first-order chi connectivity index (χ1) is 13.4. The molecule has 0 amide bonds. The van der Waals surface area contributed by atoms with E-state index in [9.17, 15) is 5.11 Å². The van der Waals surface area contributed by atoms with Crippen molar-refractivity contribution in [1.29, 1.82) is 0 Å². The molecular weight excluding hydrogens is 372 g/mol. The first-order valence-corrected chi connectivity index (χ1v) is 10.8. The molecule has 0 aromatic carbocycles. The van der Waals surface area contributed by atoms with Crippen LogP contribution >= 0.6 is 11.3 Å². The van der Waals surface area contributed by atoms with Crippen molar-refractivity contribution in [2.45, 2.75) is 59.2 Å². The number of ether oxygens (including phenoxy) is 1. The Hall–Kier alpha value is -1.83. The zero-order valence-electron chi connectivity index (χ0n) is 17.2. The Morgan fingerprint density at radius 1 is 1.29 bits per heavy atom. The van der Waals surface area contributed by atoms with Crippen molar-refractivity contribution in [1.82, 2.24) is 15.0 Å². The van der Waals surface area contributed by atoms with Crippen LogP contribution in [0.15, 0.2) is 6.33 Å². The van der Waals surface area contributed by atoms with Crippen molar-refractivity contribution >= 4 is 37.6 Å². The number of hydrogen-bond donors (Lipinski definition) is 1. The lowest BCUT2D eigenvalue weighted by molar-refractivity contribution is -0.0402. The molecule has 3 aromatic heterocycles. The summed E-state index contributed by atoms with van der Waals surface area (Å²) in [5.74, 6) is 1.22. The number of likely N-dealkylation sites (N-methyl/N-ethyl adjacent to an activating group) is 1. The standard InChI is InChI=1S/C21H28N4O2S/c1-6-25(7-8-26)19-18-17(22-11-23-19)15-13-9-21(4,5)27-10-14(13)16(12(2)3)24-20(15)28-18/h11-12,26H,6-10H2,1-5H3. The molecule has 150 valence electrons. The first-order valence-electron chi connectivity index (χ1n) is 9.95. The molecule has 1 aliphatic rings. The van der Waals surface area contributed by atoms with Gasteiger partial charge in [-0.25, -0.2) is 15.0 Å². The second-order valence-electron chi connectivity index (χ2n) is 8.29. The number of aliphatic hydroxyl groups is 1. The fourth-order valence-corrected chi connectivity index (χ4v) is 5.24. The van der Waals surface area contributed by atoms with Crippen LogP contribution < -0.4 is 4.90 Å². The molecule has 3 aromatic rings. The SMILES string of the molecule is CCN(CCO)c1ncnc2c1sc1nc(C(C)C)c3c(c12)CC(C)(C)OC3. The van der Waals surface area contributed by atoms with E-state index in [2.05, 4.69) is 49.5 Å². The maximum Gasteiger partial charge on any atom is 0.150 e. The predicted octanol–water partition coefficient (Wildman–Crippen LogP) is 4.03. The van der Waals surface area contributed by atoms with Gasteiger partial charge in [0.1, 0.15) is 17.0 Å². The Bertz CT molecular complexity index is 1030. The van der Waals surface area contributed by atoms with E-state index in [1.807, 2.05) is 0 Å². The minimum absolute atomic E-state index is 0.0981. The van der Waals surface area contributed by atoms with Crippen LogP contribution in [0.2, 0.25) is 0 Å². The van der Waals surface area contributed by atoms with Gasteiger partial charge >= 0.3 is 0 Å². The third kappa shape index (κ3) is 3.15. The highest BCUT2D eigenvalue weighted by Crippen LogP contribution is 2.43. The van der Waals surface area contributed by atoms with Crippen LogP contribution in [0.4, 0.5) is 5.82 Å². The fourth-order valence-electron chi connectivity index (χ4n) is 4.06. The molecule has 1 N–H and O–H groups in total. The minimum Gasteiger partial charge on any atom is -0.395 e. The minimum atomic E-state index is -0.202. The van der Waals surface area contributed by atoms with Crippen molar-refractivity contribution in [2.75, 3.05) is 24.6 Å². The Morgan fingerprint density at radius 2 is 2.07 bits per heavy atom. The molecule has 1 aliphatic heterocycles. The number of anilines is 1. The topological polar surface area (TPSA) is 71.4 Å². The van der Waals surface area contributed by atoms with E-state index in [-0.39, 0.29) is 12.2 Å². The van der Waals surface area contributed by atoms with E-state index in [0.717, 1.165) is 44.9 Å². The quantitative estimate of drug-likeness (QED) is 0.697. The highest BCUT2D eigenvalue weighted by Gasteiger charge is 2.32. The lowest BCUT2D eigenvalue weighted by Gasteiger charge is -2.33.